The predicted octanol–water partition coefficient (Wildman–Crippen LogP) is 3.43. The van der Waals surface area contributed by atoms with E-state index in [0.29, 0.717) is 49.5 Å². The van der Waals surface area contributed by atoms with E-state index in [1.54, 1.807) is 17.0 Å². The fraction of sp³-hybridized carbons (Fsp3) is 0.310. The minimum Gasteiger partial charge on any atom is -0.493 e. The Morgan fingerprint density at radius 3 is 2.56 bits per heavy atom. The van der Waals surface area contributed by atoms with Crippen molar-refractivity contribution in [2.75, 3.05) is 13.1 Å². The van der Waals surface area contributed by atoms with E-state index in [-0.39, 0.29) is 30.3 Å². The number of aromatic hydroxyl groups is 1. The molecule has 1 fully saturated rings. The SMILES string of the molecule is CC(=O)N1CCC(n2c(CNC(=O)c3ccc(COc4cccc5ccc(C)nc45)cc3)c(O)[nH]c2=O)CC1. The first-order chi connectivity index (χ1) is 18.8. The predicted molar refractivity (Wildman–Crippen MR) is 146 cm³/mol. The number of carbonyl (C=O) groups excluding carboxylic acids is 2. The fourth-order valence-electron chi connectivity index (χ4n) is 4.98. The van der Waals surface area contributed by atoms with Gasteiger partial charge in [0.25, 0.3) is 5.91 Å². The Balaban J connectivity index is 1.21. The molecular formula is C29H31N5O5. The molecule has 2 amide bonds. The first-order valence-corrected chi connectivity index (χ1v) is 12.9. The smallest absolute Gasteiger partial charge is 0.328 e. The number of aromatic nitrogens is 3. The molecule has 2 aromatic heterocycles. The number of ether oxygens (including phenoxy) is 1. The van der Waals surface area contributed by atoms with Crippen LogP contribution in [-0.2, 0) is 17.9 Å². The van der Waals surface area contributed by atoms with Crippen LogP contribution in [-0.4, -0.2) is 49.4 Å². The van der Waals surface area contributed by atoms with Crippen LogP contribution in [0.1, 0.15) is 53.1 Å². The summed E-state index contributed by atoms with van der Waals surface area (Å²) in [7, 11) is 0. The number of hydrogen-bond acceptors (Lipinski definition) is 6. The lowest BCUT2D eigenvalue weighted by atomic mass is 10.0. The maximum atomic E-state index is 12.8. The molecular weight excluding hydrogens is 498 g/mol. The molecule has 202 valence electrons. The Morgan fingerprint density at radius 2 is 1.85 bits per heavy atom. The number of H-pyrrole nitrogens is 1. The number of imidazole rings is 1. The summed E-state index contributed by atoms with van der Waals surface area (Å²) in [5.74, 6) is 0.105. The first-order valence-electron chi connectivity index (χ1n) is 12.9. The topological polar surface area (TPSA) is 130 Å². The van der Waals surface area contributed by atoms with E-state index in [1.807, 2.05) is 49.4 Å². The summed E-state index contributed by atoms with van der Waals surface area (Å²) < 4.78 is 7.52. The summed E-state index contributed by atoms with van der Waals surface area (Å²) >= 11 is 0. The number of likely N-dealkylation sites (tertiary alicyclic amines) is 1. The number of piperidine rings is 1. The summed E-state index contributed by atoms with van der Waals surface area (Å²) in [4.78, 5) is 45.7. The van der Waals surface area contributed by atoms with E-state index in [2.05, 4.69) is 15.3 Å². The zero-order chi connectivity index (χ0) is 27.5. The highest BCUT2D eigenvalue weighted by Gasteiger charge is 2.27. The van der Waals surface area contributed by atoms with E-state index in [9.17, 15) is 19.5 Å². The molecule has 4 aromatic rings. The third kappa shape index (κ3) is 5.64. The standard InChI is InChI=1S/C29H31N5O5/c1-18-6-9-21-4-3-5-25(26(21)31-18)39-17-20-7-10-22(11-8-20)27(36)30-16-24-28(37)32-29(38)34(24)23-12-14-33(15-13-23)19(2)35/h3-11,23,37H,12-17H2,1-2H3,(H,30,36)(H,32,38). The molecule has 0 atom stereocenters. The van der Waals surface area contributed by atoms with Gasteiger partial charge in [0.15, 0.2) is 0 Å². The van der Waals surface area contributed by atoms with Gasteiger partial charge >= 0.3 is 5.69 Å². The molecule has 1 saturated heterocycles. The number of para-hydroxylation sites is 1. The summed E-state index contributed by atoms with van der Waals surface area (Å²) in [6.07, 6.45) is 1.19. The molecule has 10 heteroatoms. The molecule has 10 nitrogen and oxygen atoms in total. The average Bonchev–Trinajstić information content (AvgIpc) is 3.23. The van der Waals surface area contributed by atoms with Crippen LogP contribution in [0.4, 0.5) is 0 Å². The van der Waals surface area contributed by atoms with Crippen molar-refractivity contribution in [3.63, 3.8) is 0 Å². The molecule has 0 saturated carbocycles. The van der Waals surface area contributed by atoms with Gasteiger partial charge in [-0.1, -0.05) is 30.3 Å². The summed E-state index contributed by atoms with van der Waals surface area (Å²) in [5, 5.41) is 14.1. The van der Waals surface area contributed by atoms with Gasteiger partial charge in [-0.2, -0.15) is 0 Å². The number of amides is 2. The van der Waals surface area contributed by atoms with Crippen molar-refractivity contribution < 1.29 is 19.4 Å². The number of aryl methyl sites for hydroxylation is 1. The van der Waals surface area contributed by atoms with Crippen molar-refractivity contribution in [3.8, 4) is 11.6 Å². The van der Waals surface area contributed by atoms with Crippen LogP contribution in [0.5, 0.6) is 11.6 Å². The molecule has 0 bridgehead atoms. The Kier molecular flexibility index (Phi) is 7.36. The van der Waals surface area contributed by atoms with Gasteiger partial charge in [-0.15, -0.1) is 0 Å². The van der Waals surface area contributed by atoms with Gasteiger partial charge in [-0.05, 0) is 49.6 Å². The summed E-state index contributed by atoms with van der Waals surface area (Å²) in [5.41, 5.74) is 2.95. The molecule has 0 aliphatic carbocycles. The van der Waals surface area contributed by atoms with Crippen LogP contribution >= 0.6 is 0 Å². The zero-order valence-corrected chi connectivity index (χ0v) is 21.9. The Hall–Kier alpha value is -4.60. The van der Waals surface area contributed by atoms with Gasteiger partial charge in [0.2, 0.25) is 11.8 Å². The Bertz CT molecular complexity index is 1570. The number of benzene rings is 2. The molecule has 0 radical (unpaired) electrons. The molecule has 2 aromatic carbocycles. The van der Waals surface area contributed by atoms with Gasteiger partial charge in [0.05, 0.1) is 6.54 Å². The number of hydrogen-bond donors (Lipinski definition) is 3. The van der Waals surface area contributed by atoms with Crippen LogP contribution in [0.15, 0.2) is 59.4 Å². The third-order valence-electron chi connectivity index (χ3n) is 7.13. The minimum atomic E-state index is -0.432. The molecule has 39 heavy (non-hydrogen) atoms. The quantitative estimate of drug-likeness (QED) is 0.336. The van der Waals surface area contributed by atoms with Crippen LogP contribution in [0, 0.1) is 6.92 Å². The molecule has 0 unspecified atom stereocenters. The molecule has 1 aliphatic rings. The number of nitrogens with one attached hydrogen (secondary N) is 2. The van der Waals surface area contributed by atoms with E-state index in [0.717, 1.165) is 22.2 Å². The number of carbonyl (C=O) groups is 2. The van der Waals surface area contributed by atoms with Crippen molar-refractivity contribution >= 4 is 22.7 Å². The van der Waals surface area contributed by atoms with Crippen LogP contribution < -0.4 is 15.7 Å². The number of rotatable bonds is 7. The lowest BCUT2D eigenvalue weighted by Gasteiger charge is -2.32. The van der Waals surface area contributed by atoms with Crippen molar-refractivity contribution in [1.82, 2.24) is 24.8 Å². The highest BCUT2D eigenvalue weighted by atomic mass is 16.5. The van der Waals surface area contributed by atoms with Crippen LogP contribution in [0.2, 0.25) is 0 Å². The van der Waals surface area contributed by atoms with Crippen molar-refractivity contribution in [3.05, 3.63) is 87.6 Å². The normalized spacial score (nSPS) is 13.9. The Labute approximate surface area is 225 Å². The highest BCUT2D eigenvalue weighted by Crippen LogP contribution is 2.26. The van der Waals surface area contributed by atoms with Gasteiger partial charge in [-0.3, -0.25) is 19.1 Å². The summed E-state index contributed by atoms with van der Waals surface area (Å²) in [6.45, 7) is 4.85. The lowest BCUT2D eigenvalue weighted by Crippen LogP contribution is -2.40. The van der Waals surface area contributed by atoms with E-state index >= 15 is 0 Å². The second-order valence-electron chi connectivity index (χ2n) is 9.78. The number of pyridine rings is 1. The molecule has 0 spiro atoms. The first kappa shape index (κ1) is 26.0. The lowest BCUT2D eigenvalue weighted by molar-refractivity contribution is -0.130. The largest absolute Gasteiger partial charge is 0.493 e. The van der Waals surface area contributed by atoms with Gasteiger partial charge < -0.3 is 20.1 Å². The zero-order valence-electron chi connectivity index (χ0n) is 21.9. The van der Waals surface area contributed by atoms with Gasteiger partial charge in [0, 0.05) is 42.7 Å². The maximum absolute atomic E-state index is 12.8. The van der Waals surface area contributed by atoms with Gasteiger partial charge in [-0.25, -0.2) is 9.78 Å². The fourth-order valence-corrected chi connectivity index (χ4v) is 4.98. The Morgan fingerprint density at radius 1 is 1.10 bits per heavy atom. The van der Waals surface area contributed by atoms with Crippen LogP contribution in [0.3, 0.4) is 0 Å². The second-order valence-corrected chi connectivity index (χ2v) is 9.78. The maximum Gasteiger partial charge on any atom is 0.328 e. The van der Waals surface area contributed by atoms with Gasteiger partial charge in [0.1, 0.15) is 23.6 Å². The molecule has 3 N–H and O–H groups in total. The third-order valence-corrected chi connectivity index (χ3v) is 7.13. The van der Waals surface area contributed by atoms with Crippen molar-refractivity contribution in [2.45, 2.75) is 45.9 Å². The average molecular weight is 530 g/mol. The second kappa shape index (κ2) is 11.0. The van der Waals surface area contributed by atoms with E-state index in [1.165, 1.54) is 11.5 Å². The molecule has 1 aliphatic heterocycles. The van der Waals surface area contributed by atoms with E-state index < -0.39 is 5.69 Å². The minimum absolute atomic E-state index is 0.00318. The van der Waals surface area contributed by atoms with E-state index in [4.69, 9.17) is 4.74 Å². The highest BCUT2D eigenvalue weighted by molar-refractivity contribution is 5.94. The van der Waals surface area contributed by atoms with Crippen molar-refractivity contribution in [1.29, 1.82) is 0 Å². The number of fused-ring (bicyclic) bond motifs is 1. The number of nitrogens with zero attached hydrogens (tertiary/aromatic N) is 3. The number of aromatic amines is 1. The summed E-state index contributed by atoms with van der Waals surface area (Å²) in [6, 6.07) is 16.7. The molecule has 5 rings (SSSR count). The molecule has 3 heterocycles. The van der Waals surface area contributed by atoms with Crippen LogP contribution in [0.25, 0.3) is 10.9 Å². The van der Waals surface area contributed by atoms with Crippen molar-refractivity contribution in [2.24, 2.45) is 0 Å². The monoisotopic (exact) mass is 529 g/mol.